The van der Waals surface area contributed by atoms with E-state index in [1.54, 1.807) is 23.3 Å². The first-order chi connectivity index (χ1) is 9.98. The van der Waals surface area contributed by atoms with Crippen molar-refractivity contribution in [3.63, 3.8) is 0 Å². The van der Waals surface area contributed by atoms with Gasteiger partial charge in [-0.05, 0) is 18.8 Å². The molecule has 0 amide bonds. The molecule has 1 saturated carbocycles. The van der Waals surface area contributed by atoms with E-state index >= 15 is 0 Å². The first kappa shape index (κ1) is 13.8. The van der Waals surface area contributed by atoms with Crippen LogP contribution in [0.3, 0.4) is 0 Å². The summed E-state index contributed by atoms with van der Waals surface area (Å²) in [4.78, 5) is 23.4. The van der Waals surface area contributed by atoms with Crippen LogP contribution in [0.5, 0.6) is 5.88 Å². The summed E-state index contributed by atoms with van der Waals surface area (Å²) in [5, 5.41) is 0. The molecule has 1 aliphatic rings. The molecule has 2 aromatic heterocycles. The molecular weight excluding hydrogens is 270 g/mol. The topological polar surface area (TPSA) is 98.8 Å². The predicted molar refractivity (Wildman–Crippen MR) is 77.7 cm³/mol. The van der Waals surface area contributed by atoms with Gasteiger partial charge in [0, 0.05) is 12.4 Å². The van der Waals surface area contributed by atoms with Crippen molar-refractivity contribution in [1.29, 1.82) is 0 Å². The van der Waals surface area contributed by atoms with Crippen LogP contribution in [-0.4, -0.2) is 31.7 Å². The molecule has 1 aliphatic carbocycles. The lowest BCUT2D eigenvalue weighted by Gasteiger charge is -2.15. The number of nitrogens with zero attached hydrogens (tertiary/aromatic N) is 3. The van der Waals surface area contributed by atoms with E-state index in [9.17, 15) is 4.79 Å². The zero-order chi connectivity index (χ0) is 15.0. The van der Waals surface area contributed by atoms with Crippen LogP contribution in [0.15, 0.2) is 23.5 Å². The summed E-state index contributed by atoms with van der Waals surface area (Å²) < 4.78 is 7.39. The Bertz CT molecular complexity index is 686. The van der Waals surface area contributed by atoms with Crippen LogP contribution in [0.25, 0.3) is 5.95 Å². The van der Waals surface area contributed by atoms with E-state index in [-0.39, 0.29) is 17.0 Å². The van der Waals surface area contributed by atoms with Crippen molar-refractivity contribution >= 4 is 0 Å². The highest BCUT2D eigenvalue weighted by Crippen LogP contribution is 2.33. The fraction of sp³-hybridized carbons (Fsp3) is 0.500. The average molecular weight is 289 g/mol. The lowest BCUT2D eigenvalue weighted by atomic mass is 10.1. The SMILES string of the molecule is CC(C)c1c(OCC2(N)CC2)nc(-n2ccnc2)[nH]c1=O. The second-order valence-corrected chi connectivity index (χ2v) is 5.88. The van der Waals surface area contributed by atoms with Gasteiger partial charge in [0.1, 0.15) is 12.9 Å². The molecular formula is C14H19N5O2. The molecule has 0 spiro atoms. The molecule has 3 N–H and O–H groups in total. The van der Waals surface area contributed by atoms with Gasteiger partial charge >= 0.3 is 0 Å². The Balaban J connectivity index is 1.99. The molecule has 7 nitrogen and oxygen atoms in total. The second-order valence-electron chi connectivity index (χ2n) is 5.88. The first-order valence-corrected chi connectivity index (χ1v) is 7.03. The lowest BCUT2D eigenvalue weighted by molar-refractivity contribution is 0.264. The molecule has 21 heavy (non-hydrogen) atoms. The zero-order valence-electron chi connectivity index (χ0n) is 12.2. The number of hydrogen-bond donors (Lipinski definition) is 2. The summed E-state index contributed by atoms with van der Waals surface area (Å²) in [6, 6.07) is 0. The van der Waals surface area contributed by atoms with Crippen molar-refractivity contribution in [3.05, 3.63) is 34.6 Å². The summed E-state index contributed by atoms with van der Waals surface area (Å²) in [6.07, 6.45) is 6.80. The quantitative estimate of drug-likeness (QED) is 0.853. The van der Waals surface area contributed by atoms with Gasteiger partial charge in [-0.25, -0.2) is 4.98 Å². The number of hydrogen-bond acceptors (Lipinski definition) is 5. The first-order valence-electron chi connectivity index (χ1n) is 7.03. The number of ether oxygens (including phenoxy) is 1. The van der Waals surface area contributed by atoms with Crippen LogP contribution in [0, 0.1) is 0 Å². The summed E-state index contributed by atoms with van der Waals surface area (Å²) in [6.45, 7) is 4.25. The molecule has 0 aromatic carbocycles. The smallest absolute Gasteiger partial charge is 0.259 e. The Morgan fingerprint density at radius 1 is 1.52 bits per heavy atom. The highest BCUT2D eigenvalue weighted by molar-refractivity contribution is 5.31. The number of aromatic nitrogens is 4. The minimum absolute atomic E-state index is 0.0148. The van der Waals surface area contributed by atoms with E-state index in [1.807, 2.05) is 13.8 Å². The van der Waals surface area contributed by atoms with Gasteiger partial charge in [0.05, 0.1) is 11.1 Å². The third-order valence-corrected chi connectivity index (χ3v) is 3.62. The van der Waals surface area contributed by atoms with Crippen LogP contribution < -0.4 is 16.0 Å². The van der Waals surface area contributed by atoms with Crippen molar-refractivity contribution in [2.75, 3.05) is 6.61 Å². The van der Waals surface area contributed by atoms with Gasteiger partial charge < -0.3 is 10.5 Å². The maximum Gasteiger partial charge on any atom is 0.259 e. The predicted octanol–water partition coefficient (Wildman–Crippen LogP) is 0.949. The van der Waals surface area contributed by atoms with Gasteiger partial charge in [0.25, 0.3) is 5.56 Å². The van der Waals surface area contributed by atoms with Gasteiger partial charge in [0.2, 0.25) is 11.8 Å². The standard InChI is InChI=1S/C14H19N5O2/c1-9(2)10-11(20)17-13(19-6-5-16-8-19)18-12(10)21-7-14(15)3-4-14/h5-6,8-9H,3-4,7,15H2,1-2H3,(H,17,18,20). The Hall–Kier alpha value is -2.15. The third-order valence-electron chi connectivity index (χ3n) is 3.62. The molecule has 1 fully saturated rings. The number of nitrogens with two attached hydrogens (primary N) is 1. The Morgan fingerprint density at radius 2 is 2.29 bits per heavy atom. The molecule has 2 aromatic rings. The van der Waals surface area contributed by atoms with Crippen molar-refractivity contribution < 1.29 is 4.74 Å². The normalized spacial score (nSPS) is 16.2. The molecule has 0 unspecified atom stereocenters. The minimum atomic E-state index is -0.256. The monoisotopic (exact) mass is 289 g/mol. The van der Waals surface area contributed by atoms with Crippen LogP contribution in [-0.2, 0) is 0 Å². The molecule has 0 saturated heterocycles. The second kappa shape index (κ2) is 5.00. The van der Waals surface area contributed by atoms with E-state index < -0.39 is 0 Å². The van der Waals surface area contributed by atoms with Crippen LogP contribution >= 0.6 is 0 Å². The molecule has 0 radical (unpaired) electrons. The highest BCUT2D eigenvalue weighted by atomic mass is 16.5. The van der Waals surface area contributed by atoms with E-state index in [2.05, 4.69) is 15.0 Å². The molecule has 7 heteroatoms. The summed E-state index contributed by atoms with van der Waals surface area (Å²) >= 11 is 0. The molecule has 112 valence electrons. The van der Waals surface area contributed by atoms with Crippen LogP contribution in [0.4, 0.5) is 0 Å². The molecule has 2 heterocycles. The van der Waals surface area contributed by atoms with Crippen molar-refractivity contribution in [1.82, 2.24) is 19.5 Å². The molecule has 3 rings (SSSR count). The Kier molecular flexibility index (Phi) is 3.29. The van der Waals surface area contributed by atoms with Crippen molar-refractivity contribution in [3.8, 4) is 11.8 Å². The maximum atomic E-state index is 12.3. The fourth-order valence-corrected chi connectivity index (χ4v) is 2.09. The van der Waals surface area contributed by atoms with Gasteiger partial charge in [0.15, 0.2) is 0 Å². The number of imidazole rings is 1. The Morgan fingerprint density at radius 3 is 2.86 bits per heavy atom. The number of aromatic amines is 1. The maximum absolute atomic E-state index is 12.3. The Labute approximate surface area is 122 Å². The van der Waals surface area contributed by atoms with Gasteiger partial charge in [-0.2, -0.15) is 4.98 Å². The largest absolute Gasteiger partial charge is 0.475 e. The average Bonchev–Trinajstić information content (AvgIpc) is 2.94. The van der Waals surface area contributed by atoms with E-state index in [1.165, 1.54) is 0 Å². The molecule has 0 atom stereocenters. The number of rotatable bonds is 5. The molecule has 0 aliphatic heterocycles. The van der Waals surface area contributed by atoms with Crippen LogP contribution in [0.2, 0.25) is 0 Å². The summed E-state index contributed by atoms with van der Waals surface area (Å²) in [7, 11) is 0. The lowest BCUT2D eigenvalue weighted by Crippen LogP contribution is -2.31. The summed E-state index contributed by atoms with van der Waals surface area (Å²) in [5.41, 5.74) is 6.13. The number of H-pyrrole nitrogens is 1. The number of nitrogens with one attached hydrogen (secondary N) is 1. The zero-order valence-corrected chi connectivity index (χ0v) is 12.2. The third kappa shape index (κ3) is 2.82. The van der Waals surface area contributed by atoms with E-state index in [4.69, 9.17) is 10.5 Å². The van der Waals surface area contributed by atoms with Crippen LogP contribution in [0.1, 0.15) is 38.2 Å². The van der Waals surface area contributed by atoms with Gasteiger partial charge in [-0.15, -0.1) is 0 Å². The molecule has 0 bridgehead atoms. The van der Waals surface area contributed by atoms with Crippen molar-refractivity contribution in [2.24, 2.45) is 5.73 Å². The fourth-order valence-electron chi connectivity index (χ4n) is 2.09. The summed E-state index contributed by atoms with van der Waals surface area (Å²) in [5.74, 6) is 0.758. The van der Waals surface area contributed by atoms with E-state index in [0.29, 0.717) is 24.0 Å². The van der Waals surface area contributed by atoms with Gasteiger partial charge in [-0.1, -0.05) is 13.8 Å². The van der Waals surface area contributed by atoms with Gasteiger partial charge in [-0.3, -0.25) is 14.3 Å². The van der Waals surface area contributed by atoms with E-state index in [0.717, 1.165) is 12.8 Å². The highest BCUT2D eigenvalue weighted by Gasteiger charge is 2.39. The van der Waals surface area contributed by atoms with Crippen molar-refractivity contribution in [2.45, 2.75) is 38.1 Å². The minimum Gasteiger partial charge on any atom is -0.475 e.